The molecule has 3 N–H and O–H groups in total. The first kappa shape index (κ1) is 20.7. The zero-order chi connectivity index (χ0) is 20.8. The fourth-order valence-corrected chi connectivity index (χ4v) is 2.94. The smallest absolute Gasteiger partial charge is 0.369 e. The first-order valence-electron chi connectivity index (χ1n) is 7.99. The van der Waals surface area contributed by atoms with Gasteiger partial charge in [0.05, 0.1) is 5.41 Å². The lowest BCUT2D eigenvalue weighted by molar-refractivity contribution is -0.150. The Bertz CT molecular complexity index is 820. The molecule has 0 spiro atoms. The van der Waals surface area contributed by atoms with Gasteiger partial charge < -0.3 is 11.1 Å². The maximum absolute atomic E-state index is 14.6. The maximum Gasteiger partial charge on any atom is 0.397 e. The van der Waals surface area contributed by atoms with Crippen LogP contribution < -0.4 is 11.1 Å². The Kier molecular flexibility index (Phi) is 4.98. The molecule has 0 aliphatic carbocycles. The number of carbonyl (C=O) groups is 2. The van der Waals surface area contributed by atoms with Crippen molar-refractivity contribution >= 4 is 23.5 Å². The van der Waals surface area contributed by atoms with E-state index in [1.807, 2.05) is 0 Å². The van der Waals surface area contributed by atoms with Crippen molar-refractivity contribution in [1.82, 2.24) is 4.90 Å². The number of anilines is 1. The lowest BCUT2D eigenvalue weighted by atomic mass is 9.67. The summed E-state index contributed by atoms with van der Waals surface area (Å²) in [5.74, 6) is -2.53. The number of halogens is 4. The first-order chi connectivity index (χ1) is 12.2. The van der Waals surface area contributed by atoms with Crippen molar-refractivity contribution in [2.75, 3.05) is 12.4 Å². The second-order valence-electron chi connectivity index (χ2n) is 7.07. The zero-order valence-corrected chi connectivity index (χ0v) is 15.2. The number of rotatable bonds is 3. The van der Waals surface area contributed by atoms with Gasteiger partial charge in [0, 0.05) is 18.3 Å². The molecule has 0 radical (unpaired) electrons. The molecular weight excluding hydrogens is 368 g/mol. The Hall–Kier alpha value is -2.65. The molecule has 6 nitrogen and oxygen atoms in total. The molecule has 148 valence electrons. The van der Waals surface area contributed by atoms with E-state index in [0.29, 0.717) is 0 Å². The van der Waals surface area contributed by atoms with Crippen LogP contribution >= 0.6 is 0 Å². The number of amides is 2. The van der Waals surface area contributed by atoms with Crippen LogP contribution in [0.4, 0.5) is 23.2 Å². The van der Waals surface area contributed by atoms with E-state index in [4.69, 9.17) is 5.73 Å². The average molecular weight is 388 g/mol. The molecule has 2 amide bonds. The molecule has 0 bridgehead atoms. The van der Waals surface area contributed by atoms with E-state index in [1.54, 1.807) is 13.8 Å². The number of hydrogen-bond acceptors (Lipinski definition) is 4. The van der Waals surface area contributed by atoms with Crippen LogP contribution in [0.3, 0.4) is 0 Å². The number of carbonyl (C=O) groups excluding carboxylic acids is 2. The van der Waals surface area contributed by atoms with Crippen LogP contribution in [0.15, 0.2) is 23.2 Å². The molecule has 2 rings (SSSR count). The third-order valence-corrected chi connectivity index (χ3v) is 4.87. The van der Waals surface area contributed by atoms with Crippen LogP contribution in [-0.2, 0) is 15.1 Å². The second kappa shape index (κ2) is 6.50. The van der Waals surface area contributed by atoms with Gasteiger partial charge in [0.2, 0.25) is 11.8 Å². The summed E-state index contributed by atoms with van der Waals surface area (Å²) in [6, 6.07) is 3.29. The predicted octanol–water partition coefficient (Wildman–Crippen LogP) is 2.74. The molecule has 1 aliphatic heterocycles. The van der Waals surface area contributed by atoms with Gasteiger partial charge in [-0.2, -0.15) is 13.2 Å². The van der Waals surface area contributed by atoms with Crippen molar-refractivity contribution in [3.63, 3.8) is 0 Å². The van der Waals surface area contributed by atoms with Crippen molar-refractivity contribution in [2.45, 2.75) is 38.9 Å². The first-order valence-corrected chi connectivity index (χ1v) is 7.99. The summed E-state index contributed by atoms with van der Waals surface area (Å²) < 4.78 is 51.6. The molecule has 0 saturated carbocycles. The monoisotopic (exact) mass is 388 g/mol. The van der Waals surface area contributed by atoms with E-state index in [9.17, 15) is 27.2 Å². The van der Waals surface area contributed by atoms with Crippen molar-refractivity contribution < 1.29 is 27.2 Å². The number of guanidine groups is 1. The number of nitrogens with two attached hydrogens (primary N) is 1. The van der Waals surface area contributed by atoms with E-state index in [-0.39, 0.29) is 17.2 Å². The Morgan fingerprint density at radius 3 is 2.44 bits per heavy atom. The fraction of sp³-hybridized carbons (Fsp3) is 0.471. The van der Waals surface area contributed by atoms with Crippen LogP contribution in [0.2, 0.25) is 0 Å². The standard InChI is InChI=1S/C17H20F4N4O2/c1-15(2)13(27)25(4)14(22)24-16(15,3)10-7-9(5-6-11(10)18)23-12(26)8-17(19,20)21/h5-7H,8H2,1-4H3,(H2,22,24)(H,23,26)/t16-/m0/s1. The minimum atomic E-state index is -4.67. The number of nitrogens with zero attached hydrogens (tertiary/aromatic N) is 2. The van der Waals surface area contributed by atoms with Gasteiger partial charge in [-0.25, -0.2) is 9.38 Å². The van der Waals surface area contributed by atoms with Crippen LogP contribution in [-0.4, -0.2) is 35.9 Å². The summed E-state index contributed by atoms with van der Waals surface area (Å²) in [7, 11) is 1.44. The van der Waals surface area contributed by atoms with Gasteiger partial charge >= 0.3 is 6.18 Å². The van der Waals surface area contributed by atoms with Crippen molar-refractivity contribution in [3.8, 4) is 0 Å². The zero-order valence-electron chi connectivity index (χ0n) is 15.2. The van der Waals surface area contributed by atoms with Gasteiger partial charge in [0.1, 0.15) is 17.8 Å². The number of aliphatic imine (C=N–C) groups is 1. The van der Waals surface area contributed by atoms with Crippen LogP contribution in [0, 0.1) is 11.2 Å². The number of alkyl halides is 3. The second-order valence-corrected chi connectivity index (χ2v) is 7.07. The molecule has 0 aromatic heterocycles. The van der Waals surface area contributed by atoms with E-state index in [0.717, 1.165) is 17.0 Å². The summed E-state index contributed by atoms with van der Waals surface area (Å²) in [6.07, 6.45) is -6.34. The molecule has 10 heteroatoms. The highest BCUT2D eigenvalue weighted by atomic mass is 19.4. The summed E-state index contributed by atoms with van der Waals surface area (Å²) in [5, 5.41) is 2.08. The SMILES string of the molecule is CN1C(=O)C(C)(C)[C@](C)(c2cc(NC(=O)CC(F)(F)F)ccc2F)N=C1N. The van der Waals surface area contributed by atoms with Gasteiger partial charge in [-0.15, -0.1) is 0 Å². The molecule has 1 atom stereocenters. The van der Waals surface area contributed by atoms with Crippen LogP contribution in [0.25, 0.3) is 0 Å². The van der Waals surface area contributed by atoms with Crippen molar-refractivity contribution in [2.24, 2.45) is 16.1 Å². The largest absolute Gasteiger partial charge is 0.397 e. The van der Waals surface area contributed by atoms with E-state index in [1.165, 1.54) is 20.0 Å². The third kappa shape index (κ3) is 3.74. The van der Waals surface area contributed by atoms with E-state index >= 15 is 0 Å². The van der Waals surface area contributed by atoms with Crippen LogP contribution in [0.5, 0.6) is 0 Å². The predicted molar refractivity (Wildman–Crippen MR) is 91.2 cm³/mol. The number of benzene rings is 1. The number of nitrogens with one attached hydrogen (secondary N) is 1. The lowest BCUT2D eigenvalue weighted by Gasteiger charge is -2.46. The van der Waals surface area contributed by atoms with Crippen molar-refractivity contribution in [1.29, 1.82) is 0 Å². The Labute approximate surface area is 153 Å². The van der Waals surface area contributed by atoms with Gasteiger partial charge in [-0.1, -0.05) is 0 Å². The number of hydrogen-bond donors (Lipinski definition) is 2. The Morgan fingerprint density at radius 2 is 1.89 bits per heavy atom. The fourth-order valence-electron chi connectivity index (χ4n) is 2.94. The molecule has 1 aromatic rings. The maximum atomic E-state index is 14.6. The third-order valence-electron chi connectivity index (χ3n) is 4.87. The van der Waals surface area contributed by atoms with Gasteiger partial charge in [0.25, 0.3) is 0 Å². The summed E-state index contributed by atoms with van der Waals surface area (Å²) in [5.41, 5.74) is 3.02. The molecule has 1 aromatic carbocycles. The van der Waals surface area contributed by atoms with Gasteiger partial charge in [-0.05, 0) is 39.0 Å². The molecule has 0 fully saturated rings. The lowest BCUT2D eigenvalue weighted by Crippen LogP contribution is -2.58. The minimum Gasteiger partial charge on any atom is -0.369 e. The molecule has 1 aliphatic rings. The molecular formula is C17H20F4N4O2. The highest BCUT2D eigenvalue weighted by Crippen LogP contribution is 2.47. The normalized spacial score (nSPS) is 22.4. The molecule has 27 heavy (non-hydrogen) atoms. The molecule has 0 unspecified atom stereocenters. The highest BCUT2D eigenvalue weighted by molar-refractivity contribution is 6.01. The van der Waals surface area contributed by atoms with E-state index < -0.39 is 41.2 Å². The van der Waals surface area contributed by atoms with Crippen LogP contribution in [0.1, 0.15) is 32.8 Å². The average Bonchev–Trinajstić information content (AvgIpc) is 2.51. The summed E-state index contributed by atoms with van der Waals surface area (Å²) in [4.78, 5) is 29.6. The van der Waals surface area contributed by atoms with Gasteiger partial charge in [-0.3, -0.25) is 14.5 Å². The quantitative estimate of drug-likeness (QED) is 0.781. The Balaban J connectivity index is 2.49. The highest BCUT2D eigenvalue weighted by Gasteiger charge is 2.53. The van der Waals surface area contributed by atoms with Crippen molar-refractivity contribution in [3.05, 3.63) is 29.6 Å². The minimum absolute atomic E-state index is 0.0437. The molecule has 1 heterocycles. The summed E-state index contributed by atoms with van der Waals surface area (Å²) >= 11 is 0. The summed E-state index contributed by atoms with van der Waals surface area (Å²) in [6.45, 7) is 4.64. The topological polar surface area (TPSA) is 87.8 Å². The van der Waals surface area contributed by atoms with E-state index in [2.05, 4.69) is 10.3 Å². The molecule has 0 saturated heterocycles. The Morgan fingerprint density at radius 1 is 1.30 bits per heavy atom. The van der Waals surface area contributed by atoms with Gasteiger partial charge in [0.15, 0.2) is 5.96 Å².